The van der Waals surface area contributed by atoms with Crippen LogP contribution in [0.4, 0.5) is 35.7 Å². The minimum absolute atomic E-state index is 0.0152. The van der Waals surface area contributed by atoms with Gasteiger partial charge in [-0.05, 0) is 0 Å². The Labute approximate surface area is 173 Å². The highest BCUT2D eigenvalue weighted by Gasteiger charge is 2.38. The molecule has 2 aliphatic heterocycles. The van der Waals surface area contributed by atoms with Crippen LogP contribution in [0.3, 0.4) is 0 Å². The largest absolute Gasteiger partial charge is 0.441 e. The van der Waals surface area contributed by atoms with Gasteiger partial charge in [-0.3, -0.25) is 4.90 Å². The number of carbonyl (C=O) groups excluding carboxylic acids is 1. The molecule has 2 aromatic heterocycles. The number of carbonyl (C=O) groups is 1. The number of nitrogen functional groups attached to an aromatic ring is 1. The number of nitrogens with zero attached hydrogens (tertiary/aromatic N) is 6. The van der Waals surface area contributed by atoms with E-state index in [0.29, 0.717) is 26.3 Å². The predicted octanol–water partition coefficient (Wildman–Crippen LogP) is 0.689. The fourth-order valence-electron chi connectivity index (χ4n) is 3.21. The Kier molecular flexibility index (Phi) is 5.49. The van der Waals surface area contributed by atoms with E-state index in [2.05, 4.69) is 19.9 Å². The van der Waals surface area contributed by atoms with E-state index >= 15 is 0 Å². The van der Waals surface area contributed by atoms with Gasteiger partial charge in [-0.2, -0.15) is 18.2 Å². The van der Waals surface area contributed by atoms with Crippen LogP contribution in [0.5, 0.6) is 0 Å². The SMILES string of the molecule is Nc1ncc(-c2cc(N3C[C@@H](CO)OC3=O)nc(N3CCOCC3)n2)c(C(F)(F)F)n1. The molecule has 31 heavy (non-hydrogen) atoms. The van der Waals surface area contributed by atoms with Crippen molar-refractivity contribution in [2.24, 2.45) is 0 Å². The molecule has 2 aromatic rings. The summed E-state index contributed by atoms with van der Waals surface area (Å²) in [6, 6.07) is 1.22. The average molecular weight is 441 g/mol. The van der Waals surface area contributed by atoms with Crippen molar-refractivity contribution in [1.82, 2.24) is 19.9 Å². The van der Waals surface area contributed by atoms with Crippen LogP contribution in [-0.2, 0) is 15.7 Å². The van der Waals surface area contributed by atoms with E-state index in [1.54, 1.807) is 4.90 Å². The number of nitrogens with two attached hydrogens (primary N) is 1. The Balaban J connectivity index is 1.84. The molecule has 11 nitrogen and oxygen atoms in total. The third-order valence-electron chi connectivity index (χ3n) is 4.70. The maximum atomic E-state index is 13.6. The maximum absolute atomic E-state index is 13.6. The first-order chi connectivity index (χ1) is 14.8. The second-order valence-electron chi connectivity index (χ2n) is 6.80. The molecule has 2 aliphatic rings. The summed E-state index contributed by atoms with van der Waals surface area (Å²) in [5, 5.41) is 9.28. The number of hydrogen-bond donors (Lipinski definition) is 2. The lowest BCUT2D eigenvalue weighted by Crippen LogP contribution is -2.38. The number of aliphatic hydroxyl groups excluding tert-OH is 1. The van der Waals surface area contributed by atoms with Gasteiger partial charge in [-0.1, -0.05) is 0 Å². The van der Waals surface area contributed by atoms with Crippen LogP contribution < -0.4 is 15.5 Å². The highest BCUT2D eigenvalue weighted by Crippen LogP contribution is 2.36. The zero-order valence-electron chi connectivity index (χ0n) is 16.0. The molecule has 0 aromatic carbocycles. The van der Waals surface area contributed by atoms with Gasteiger partial charge in [-0.15, -0.1) is 0 Å². The first-order valence-electron chi connectivity index (χ1n) is 9.27. The smallest absolute Gasteiger partial charge is 0.434 e. The molecule has 0 saturated carbocycles. The van der Waals surface area contributed by atoms with Crippen molar-refractivity contribution in [2.45, 2.75) is 12.3 Å². The van der Waals surface area contributed by atoms with Crippen LogP contribution in [0.25, 0.3) is 11.3 Å². The number of rotatable bonds is 4. The highest BCUT2D eigenvalue weighted by atomic mass is 19.4. The number of hydrogen-bond acceptors (Lipinski definition) is 10. The molecule has 4 heterocycles. The number of aromatic nitrogens is 4. The molecular formula is C17H18F3N7O4. The Bertz CT molecular complexity index is 985. The topological polar surface area (TPSA) is 140 Å². The minimum atomic E-state index is -4.81. The summed E-state index contributed by atoms with van der Waals surface area (Å²) in [7, 11) is 0. The third-order valence-corrected chi connectivity index (χ3v) is 4.70. The molecule has 0 spiro atoms. The van der Waals surface area contributed by atoms with Crippen molar-refractivity contribution in [1.29, 1.82) is 0 Å². The summed E-state index contributed by atoms with van der Waals surface area (Å²) in [5.74, 6) is -0.397. The summed E-state index contributed by atoms with van der Waals surface area (Å²) in [6.07, 6.45) is -5.44. The Morgan fingerprint density at radius 2 is 1.97 bits per heavy atom. The van der Waals surface area contributed by atoms with Crippen molar-refractivity contribution >= 4 is 23.8 Å². The van der Waals surface area contributed by atoms with Crippen LogP contribution in [0.1, 0.15) is 5.69 Å². The van der Waals surface area contributed by atoms with Crippen molar-refractivity contribution < 1.29 is 32.5 Å². The number of amides is 1. The summed E-state index contributed by atoms with van der Waals surface area (Å²) in [4.78, 5) is 30.7. The van der Waals surface area contributed by atoms with Gasteiger partial charge in [0.05, 0.1) is 32.1 Å². The third kappa shape index (κ3) is 4.29. The van der Waals surface area contributed by atoms with Crippen LogP contribution in [-0.4, -0.2) is 76.7 Å². The lowest BCUT2D eigenvalue weighted by atomic mass is 10.1. The quantitative estimate of drug-likeness (QED) is 0.696. The average Bonchev–Trinajstić information content (AvgIpc) is 3.14. The van der Waals surface area contributed by atoms with E-state index in [4.69, 9.17) is 15.2 Å². The van der Waals surface area contributed by atoms with Gasteiger partial charge >= 0.3 is 12.3 Å². The van der Waals surface area contributed by atoms with Crippen molar-refractivity contribution in [2.75, 3.05) is 55.0 Å². The fourth-order valence-corrected chi connectivity index (χ4v) is 3.21. The van der Waals surface area contributed by atoms with Crippen LogP contribution in [0.15, 0.2) is 12.3 Å². The summed E-state index contributed by atoms with van der Waals surface area (Å²) >= 11 is 0. The number of ether oxygens (including phenoxy) is 2. The lowest BCUT2D eigenvalue weighted by molar-refractivity contribution is -0.140. The maximum Gasteiger partial charge on any atom is 0.434 e. The van der Waals surface area contributed by atoms with Crippen LogP contribution >= 0.6 is 0 Å². The van der Waals surface area contributed by atoms with Gasteiger partial charge in [0.1, 0.15) is 11.9 Å². The predicted molar refractivity (Wildman–Crippen MR) is 100 cm³/mol. The normalized spacial score (nSPS) is 19.6. The highest BCUT2D eigenvalue weighted by molar-refractivity contribution is 5.89. The van der Waals surface area contributed by atoms with Crippen molar-refractivity contribution in [3.8, 4) is 11.3 Å². The first-order valence-corrected chi connectivity index (χ1v) is 9.27. The first kappa shape index (κ1) is 21.0. The number of anilines is 3. The molecule has 166 valence electrons. The van der Waals surface area contributed by atoms with Crippen molar-refractivity contribution in [3.05, 3.63) is 18.0 Å². The molecule has 1 atom stereocenters. The molecule has 3 N–H and O–H groups in total. The Morgan fingerprint density at radius 3 is 2.61 bits per heavy atom. The number of halogens is 3. The fraction of sp³-hybridized carbons (Fsp3) is 0.471. The van der Waals surface area contributed by atoms with E-state index in [1.807, 2.05) is 0 Å². The van der Waals surface area contributed by atoms with E-state index in [-0.39, 0.29) is 24.0 Å². The summed E-state index contributed by atoms with van der Waals surface area (Å²) in [6.45, 7) is 1.19. The van der Waals surface area contributed by atoms with Gasteiger partial charge in [0.15, 0.2) is 5.69 Å². The van der Waals surface area contributed by atoms with E-state index < -0.39 is 42.2 Å². The monoisotopic (exact) mass is 441 g/mol. The van der Waals surface area contributed by atoms with E-state index in [0.717, 1.165) is 11.1 Å². The van der Waals surface area contributed by atoms with E-state index in [9.17, 15) is 23.1 Å². The Hall–Kier alpha value is -3.26. The van der Waals surface area contributed by atoms with E-state index in [1.165, 1.54) is 6.07 Å². The van der Waals surface area contributed by atoms with Gasteiger partial charge < -0.3 is 25.2 Å². The van der Waals surface area contributed by atoms with Gasteiger partial charge in [0.2, 0.25) is 11.9 Å². The summed E-state index contributed by atoms with van der Waals surface area (Å²) < 4.78 is 51.1. The number of morpholine rings is 1. The number of cyclic esters (lactones) is 1. The molecule has 4 rings (SSSR count). The molecule has 0 radical (unpaired) electrons. The van der Waals surface area contributed by atoms with Gasteiger partial charge in [-0.25, -0.2) is 19.7 Å². The van der Waals surface area contributed by atoms with Crippen molar-refractivity contribution in [3.63, 3.8) is 0 Å². The molecule has 2 saturated heterocycles. The van der Waals surface area contributed by atoms with Gasteiger partial charge in [0, 0.05) is 30.9 Å². The second-order valence-corrected chi connectivity index (χ2v) is 6.80. The Morgan fingerprint density at radius 1 is 1.23 bits per heavy atom. The molecular weight excluding hydrogens is 423 g/mol. The number of aliphatic hydroxyl groups is 1. The molecule has 1 amide bonds. The molecule has 14 heteroatoms. The van der Waals surface area contributed by atoms with Crippen LogP contribution in [0.2, 0.25) is 0 Å². The zero-order chi connectivity index (χ0) is 22.2. The molecule has 0 aliphatic carbocycles. The minimum Gasteiger partial charge on any atom is -0.441 e. The molecule has 2 fully saturated rings. The second kappa shape index (κ2) is 8.11. The van der Waals surface area contributed by atoms with Crippen LogP contribution in [0, 0.1) is 0 Å². The summed E-state index contributed by atoms with van der Waals surface area (Å²) in [5.41, 5.74) is 3.55. The van der Waals surface area contributed by atoms with Gasteiger partial charge in [0.25, 0.3) is 0 Å². The molecule has 0 bridgehead atoms. The standard InChI is InChI=1S/C17H18F3N7O4/c18-17(19,20)13-10(6-22-14(21)25-13)11-5-12(27-7-9(8-28)31-16(27)29)24-15(23-11)26-1-3-30-4-2-26/h5-6,9,28H,1-4,7-8H2,(H2,21,22,25)/t9-/m0/s1. The molecule has 0 unspecified atom stereocenters. The lowest BCUT2D eigenvalue weighted by Gasteiger charge is -2.28. The zero-order valence-corrected chi connectivity index (χ0v) is 16.0. The number of alkyl halides is 3.